The van der Waals surface area contributed by atoms with Crippen LogP contribution >= 0.6 is 0 Å². The Labute approximate surface area is 206 Å². The molecule has 1 aliphatic rings. The van der Waals surface area contributed by atoms with Crippen LogP contribution in [0.15, 0.2) is 84.9 Å². The van der Waals surface area contributed by atoms with Gasteiger partial charge in [-0.05, 0) is 42.0 Å². The number of amides is 1. The van der Waals surface area contributed by atoms with E-state index in [0.717, 1.165) is 5.56 Å². The first-order valence-corrected chi connectivity index (χ1v) is 12.3. The van der Waals surface area contributed by atoms with Gasteiger partial charge < -0.3 is 10.1 Å². The summed E-state index contributed by atoms with van der Waals surface area (Å²) in [5.41, 5.74) is 3.11. The van der Waals surface area contributed by atoms with Gasteiger partial charge in [-0.15, -0.1) is 0 Å². The third-order valence-electron chi connectivity index (χ3n) is 6.59. The van der Waals surface area contributed by atoms with Crippen molar-refractivity contribution in [2.45, 2.75) is 50.5 Å². The first kappa shape index (κ1) is 24.4. The Morgan fingerprint density at radius 3 is 2.06 bits per heavy atom. The predicted octanol–water partition coefficient (Wildman–Crippen LogP) is 6.02. The summed E-state index contributed by atoms with van der Waals surface area (Å²) in [6.07, 6.45) is 6.16. The van der Waals surface area contributed by atoms with E-state index in [1.165, 1.54) is 37.7 Å². The van der Waals surface area contributed by atoms with Gasteiger partial charge >= 0.3 is 5.97 Å². The van der Waals surface area contributed by atoms with Crippen molar-refractivity contribution in [3.63, 3.8) is 0 Å². The number of carbonyl (C=O) groups is 3. The maximum absolute atomic E-state index is 12.7. The van der Waals surface area contributed by atoms with Gasteiger partial charge in [-0.1, -0.05) is 92.1 Å². The molecular weight excluding hydrogens is 438 g/mol. The van der Waals surface area contributed by atoms with Gasteiger partial charge in [0.25, 0.3) is 5.91 Å². The van der Waals surface area contributed by atoms with E-state index < -0.39 is 12.0 Å². The Kier molecular flexibility index (Phi) is 8.44. The van der Waals surface area contributed by atoms with Gasteiger partial charge in [0.1, 0.15) is 0 Å². The van der Waals surface area contributed by atoms with Crippen LogP contribution in [0.2, 0.25) is 0 Å². The van der Waals surface area contributed by atoms with E-state index in [9.17, 15) is 14.4 Å². The molecule has 5 nitrogen and oxygen atoms in total. The molecular formula is C30H31NO4. The minimum Gasteiger partial charge on any atom is -0.457 e. The van der Waals surface area contributed by atoms with E-state index >= 15 is 0 Å². The van der Waals surface area contributed by atoms with Crippen molar-refractivity contribution < 1.29 is 19.1 Å². The highest BCUT2D eigenvalue weighted by atomic mass is 16.5. The number of hydrogen-bond donors (Lipinski definition) is 1. The van der Waals surface area contributed by atoms with Crippen LogP contribution < -0.4 is 5.32 Å². The maximum Gasteiger partial charge on any atom is 0.308 e. The van der Waals surface area contributed by atoms with Gasteiger partial charge in [0.05, 0.1) is 12.5 Å². The van der Waals surface area contributed by atoms with Crippen LogP contribution in [-0.2, 0) is 9.53 Å². The van der Waals surface area contributed by atoms with E-state index in [-0.39, 0.29) is 24.7 Å². The molecule has 1 atom stereocenters. The number of hydrogen-bond acceptors (Lipinski definition) is 4. The molecule has 4 rings (SSSR count). The molecule has 0 heterocycles. The number of ether oxygens (including phenoxy) is 1. The Hall–Kier alpha value is -3.73. The largest absolute Gasteiger partial charge is 0.457 e. The van der Waals surface area contributed by atoms with Crippen LogP contribution in [0, 0.1) is 0 Å². The molecule has 180 valence electrons. The SMILES string of the molecule is O=C(CC(NC(=O)c1ccccc1)c1ccccc1)OCC(=O)c1ccc(C2CCCCC2)cc1. The van der Waals surface area contributed by atoms with Crippen molar-refractivity contribution in [2.24, 2.45) is 0 Å². The Bertz CT molecular complexity index is 1120. The van der Waals surface area contributed by atoms with Gasteiger partial charge in [0, 0.05) is 11.1 Å². The number of carbonyl (C=O) groups excluding carboxylic acids is 3. The topological polar surface area (TPSA) is 72.5 Å². The van der Waals surface area contributed by atoms with Crippen LogP contribution in [0.5, 0.6) is 0 Å². The molecule has 35 heavy (non-hydrogen) atoms. The van der Waals surface area contributed by atoms with Crippen molar-refractivity contribution in [1.29, 1.82) is 0 Å². The molecule has 1 fully saturated rings. The quantitative estimate of drug-likeness (QED) is 0.307. The molecule has 1 saturated carbocycles. The number of Topliss-reactive ketones (excluding diaryl/α,β-unsaturated/α-hetero) is 1. The monoisotopic (exact) mass is 469 g/mol. The van der Waals surface area contributed by atoms with E-state index in [1.807, 2.05) is 60.7 Å². The zero-order valence-electron chi connectivity index (χ0n) is 19.8. The lowest BCUT2D eigenvalue weighted by Gasteiger charge is -2.22. The fourth-order valence-corrected chi connectivity index (χ4v) is 4.60. The van der Waals surface area contributed by atoms with Gasteiger partial charge in [-0.3, -0.25) is 14.4 Å². The second-order valence-corrected chi connectivity index (χ2v) is 9.05. The number of ketones is 1. The molecule has 0 aromatic heterocycles. The summed E-state index contributed by atoms with van der Waals surface area (Å²) in [5.74, 6) is -0.481. The van der Waals surface area contributed by atoms with Crippen molar-refractivity contribution in [1.82, 2.24) is 5.32 Å². The second-order valence-electron chi connectivity index (χ2n) is 9.05. The van der Waals surface area contributed by atoms with Crippen molar-refractivity contribution in [3.8, 4) is 0 Å². The van der Waals surface area contributed by atoms with Crippen molar-refractivity contribution in [2.75, 3.05) is 6.61 Å². The molecule has 0 radical (unpaired) electrons. The van der Waals surface area contributed by atoms with E-state index in [0.29, 0.717) is 17.0 Å². The fourth-order valence-electron chi connectivity index (χ4n) is 4.60. The minimum absolute atomic E-state index is 0.0729. The average Bonchev–Trinajstić information content (AvgIpc) is 2.93. The lowest BCUT2D eigenvalue weighted by molar-refractivity contribution is -0.143. The third kappa shape index (κ3) is 6.89. The highest BCUT2D eigenvalue weighted by Gasteiger charge is 2.21. The maximum atomic E-state index is 12.7. The summed E-state index contributed by atoms with van der Waals surface area (Å²) in [7, 11) is 0. The second kappa shape index (κ2) is 12.1. The molecule has 1 aliphatic carbocycles. The predicted molar refractivity (Wildman–Crippen MR) is 135 cm³/mol. The van der Waals surface area contributed by atoms with Crippen LogP contribution in [-0.4, -0.2) is 24.3 Å². The van der Waals surface area contributed by atoms with Crippen LogP contribution in [0.3, 0.4) is 0 Å². The first-order chi connectivity index (χ1) is 17.1. The standard InChI is InChI=1S/C30H31NO4/c32-28(25-18-16-23(17-19-25)22-10-4-1-5-11-22)21-35-29(33)20-27(24-12-6-2-7-13-24)31-30(34)26-14-8-3-9-15-26/h2-3,6-9,12-19,22,27H,1,4-5,10-11,20-21H2,(H,31,34). The molecule has 1 unspecified atom stereocenters. The van der Waals surface area contributed by atoms with Gasteiger partial charge in [-0.25, -0.2) is 0 Å². The molecule has 1 N–H and O–H groups in total. The molecule has 1 amide bonds. The highest BCUT2D eigenvalue weighted by Crippen LogP contribution is 2.32. The summed E-state index contributed by atoms with van der Waals surface area (Å²) in [6, 6.07) is 25.2. The van der Waals surface area contributed by atoms with Crippen LogP contribution in [0.4, 0.5) is 0 Å². The molecule has 0 aliphatic heterocycles. The molecule has 3 aromatic rings. The number of nitrogens with one attached hydrogen (secondary N) is 1. The number of esters is 1. The normalized spacial score (nSPS) is 14.6. The fraction of sp³-hybridized carbons (Fsp3) is 0.300. The Morgan fingerprint density at radius 2 is 1.40 bits per heavy atom. The third-order valence-corrected chi connectivity index (χ3v) is 6.59. The van der Waals surface area contributed by atoms with E-state index in [4.69, 9.17) is 4.74 Å². The molecule has 0 bridgehead atoms. The molecule has 5 heteroatoms. The van der Waals surface area contributed by atoms with Gasteiger partial charge in [0.2, 0.25) is 0 Å². The summed E-state index contributed by atoms with van der Waals surface area (Å²) >= 11 is 0. The first-order valence-electron chi connectivity index (χ1n) is 12.3. The Balaban J connectivity index is 1.34. The summed E-state index contributed by atoms with van der Waals surface area (Å²) in [4.78, 5) is 37.9. The zero-order valence-corrected chi connectivity index (χ0v) is 19.8. The number of rotatable bonds is 9. The highest BCUT2D eigenvalue weighted by molar-refractivity contribution is 5.98. The van der Waals surface area contributed by atoms with Gasteiger partial charge in [0.15, 0.2) is 12.4 Å². The summed E-state index contributed by atoms with van der Waals surface area (Å²) in [6.45, 7) is -0.324. The average molecular weight is 470 g/mol. The van der Waals surface area contributed by atoms with Crippen molar-refractivity contribution >= 4 is 17.7 Å². The zero-order chi connectivity index (χ0) is 24.5. The lowest BCUT2D eigenvalue weighted by Crippen LogP contribution is -2.31. The van der Waals surface area contributed by atoms with E-state index in [2.05, 4.69) is 5.32 Å². The summed E-state index contributed by atoms with van der Waals surface area (Å²) < 4.78 is 5.30. The van der Waals surface area contributed by atoms with E-state index in [1.54, 1.807) is 24.3 Å². The van der Waals surface area contributed by atoms with Gasteiger partial charge in [-0.2, -0.15) is 0 Å². The smallest absolute Gasteiger partial charge is 0.308 e. The van der Waals surface area contributed by atoms with Crippen LogP contribution in [0.1, 0.15) is 82.3 Å². The summed E-state index contributed by atoms with van der Waals surface area (Å²) in [5, 5.41) is 2.91. The Morgan fingerprint density at radius 1 is 0.771 bits per heavy atom. The number of benzene rings is 3. The molecule has 3 aromatic carbocycles. The minimum atomic E-state index is -0.568. The van der Waals surface area contributed by atoms with Crippen molar-refractivity contribution in [3.05, 3.63) is 107 Å². The van der Waals surface area contributed by atoms with Crippen LogP contribution in [0.25, 0.3) is 0 Å². The molecule has 0 saturated heterocycles. The molecule has 0 spiro atoms. The lowest BCUT2D eigenvalue weighted by atomic mass is 9.84.